The zero-order valence-corrected chi connectivity index (χ0v) is 19.4. The van der Waals surface area contributed by atoms with Crippen molar-refractivity contribution in [1.82, 2.24) is 14.8 Å². The van der Waals surface area contributed by atoms with Gasteiger partial charge >= 0.3 is 5.97 Å². The van der Waals surface area contributed by atoms with Crippen LogP contribution in [0.5, 0.6) is 11.5 Å². The average molecular weight is 467 g/mol. The van der Waals surface area contributed by atoms with Gasteiger partial charge in [0.1, 0.15) is 24.8 Å². The Morgan fingerprint density at radius 3 is 2.65 bits per heavy atom. The second kappa shape index (κ2) is 10.4. The standard InChI is InChI=1S/C25H27FN4O4/c1-4-6-19-22(24(31)33-5-2)23(30-25(29-19)27-15-28-30)17-9-12-20(21(13-17)32-3)34-14-16-7-10-18(26)11-8-16/h7-13,15,23H,4-6,14H2,1-3H3,(H,27,28,29)/t23-/m1/s1. The summed E-state index contributed by atoms with van der Waals surface area (Å²) >= 11 is 0. The molecule has 0 radical (unpaired) electrons. The fraction of sp³-hybridized carbons (Fsp3) is 0.320. The molecular weight excluding hydrogens is 439 g/mol. The number of nitrogens with one attached hydrogen (secondary N) is 1. The maximum absolute atomic E-state index is 13.2. The van der Waals surface area contributed by atoms with E-state index in [9.17, 15) is 9.18 Å². The molecule has 0 aliphatic carbocycles. The van der Waals surface area contributed by atoms with Gasteiger partial charge in [-0.25, -0.2) is 13.9 Å². The first-order valence-electron chi connectivity index (χ1n) is 11.2. The summed E-state index contributed by atoms with van der Waals surface area (Å²) in [4.78, 5) is 17.3. The molecule has 0 saturated carbocycles. The van der Waals surface area contributed by atoms with Crippen LogP contribution >= 0.6 is 0 Å². The second-order valence-corrected chi connectivity index (χ2v) is 7.74. The number of aromatic nitrogens is 3. The molecule has 1 aliphatic rings. The molecule has 9 heteroatoms. The summed E-state index contributed by atoms with van der Waals surface area (Å²) in [6.45, 7) is 4.34. The van der Waals surface area contributed by atoms with Gasteiger partial charge in [-0.1, -0.05) is 31.5 Å². The van der Waals surface area contributed by atoms with Crippen LogP contribution in [0.15, 0.2) is 60.1 Å². The molecule has 1 N–H and O–H groups in total. The third-order valence-corrected chi connectivity index (χ3v) is 5.49. The number of carbonyl (C=O) groups is 1. The number of benzene rings is 2. The lowest BCUT2D eigenvalue weighted by atomic mass is 9.93. The van der Waals surface area contributed by atoms with E-state index in [2.05, 4.69) is 15.4 Å². The molecule has 2 aromatic carbocycles. The van der Waals surface area contributed by atoms with Gasteiger partial charge in [0.25, 0.3) is 0 Å². The van der Waals surface area contributed by atoms with Crippen LogP contribution in [0.3, 0.4) is 0 Å². The van der Waals surface area contributed by atoms with Crippen molar-refractivity contribution in [3.8, 4) is 11.5 Å². The Morgan fingerprint density at radius 1 is 1.15 bits per heavy atom. The summed E-state index contributed by atoms with van der Waals surface area (Å²) in [6, 6.07) is 11.1. The molecular formula is C25H27FN4O4. The number of carbonyl (C=O) groups excluding carboxylic acids is 1. The van der Waals surface area contributed by atoms with E-state index in [1.807, 2.05) is 19.1 Å². The largest absolute Gasteiger partial charge is 0.493 e. The Balaban J connectivity index is 1.70. The predicted molar refractivity (Wildman–Crippen MR) is 124 cm³/mol. The lowest BCUT2D eigenvalue weighted by molar-refractivity contribution is -0.139. The van der Waals surface area contributed by atoms with Gasteiger partial charge in [-0.05, 0) is 48.7 Å². The number of ether oxygens (including phenoxy) is 3. The highest BCUT2D eigenvalue weighted by molar-refractivity contribution is 5.92. The summed E-state index contributed by atoms with van der Waals surface area (Å²) in [5.74, 6) is 0.879. The summed E-state index contributed by atoms with van der Waals surface area (Å²) in [7, 11) is 1.55. The smallest absolute Gasteiger partial charge is 0.338 e. The molecule has 0 unspecified atom stereocenters. The summed E-state index contributed by atoms with van der Waals surface area (Å²) in [5, 5.41) is 7.60. The van der Waals surface area contributed by atoms with Crippen LogP contribution in [-0.4, -0.2) is 34.5 Å². The van der Waals surface area contributed by atoms with Gasteiger partial charge in [-0.15, -0.1) is 0 Å². The van der Waals surface area contributed by atoms with E-state index in [4.69, 9.17) is 14.2 Å². The normalized spacial score (nSPS) is 14.9. The van der Waals surface area contributed by atoms with Gasteiger partial charge in [-0.2, -0.15) is 10.1 Å². The van der Waals surface area contributed by atoms with Crippen LogP contribution in [0.1, 0.15) is 43.9 Å². The SMILES string of the molecule is CCCC1=C(C(=O)OCC)[C@@H](c2ccc(OCc3ccc(F)cc3)c(OC)c2)n2ncnc2N1. The van der Waals surface area contributed by atoms with Gasteiger partial charge in [-0.3, -0.25) is 0 Å². The first-order valence-corrected chi connectivity index (χ1v) is 11.2. The summed E-state index contributed by atoms with van der Waals surface area (Å²) in [6.07, 6.45) is 2.95. The molecule has 0 amide bonds. The van der Waals surface area contributed by atoms with Crippen LogP contribution in [0.4, 0.5) is 10.3 Å². The molecule has 0 saturated heterocycles. The molecule has 4 rings (SSSR count). The molecule has 0 spiro atoms. The number of esters is 1. The van der Waals surface area contributed by atoms with Gasteiger partial charge in [0.15, 0.2) is 11.5 Å². The van der Waals surface area contributed by atoms with Crippen LogP contribution in [0.2, 0.25) is 0 Å². The number of hydrogen-bond donors (Lipinski definition) is 1. The van der Waals surface area contributed by atoms with Crippen LogP contribution in [0.25, 0.3) is 0 Å². The maximum Gasteiger partial charge on any atom is 0.338 e. The van der Waals surface area contributed by atoms with Gasteiger partial charge < -0.3 is 19.5 Å². The molecule has 0 bridgehead atoms. The highest BCUT2D eigenvalue weighted by Gasteiger charge is 2.35. The quantitative estimate of drug-likeness (QED) is 0.460. The third-order valence-electron chi connectivity index (χ3n) is 5.49. The van der Waals surface area contributed by atoms with Gasteiger partial charge in [0, 0.05) is 5.70 Å². The highest BCUT2D eigenvalue weighted by atomic mass is 19.1. The Hall–Kier alpha value is -3.88. The minimum atomic E-state index is -0.542. The highest BCUT2D eigenvalue weighted by Crippen LogP contribution is 2.40. The number of rotatable bonds is 9. The minimum Gasteiger partial charge on any atom is -0.493 e. The molecule has 2 heterocycles. The fourth-order valence-corrected chi connectivity index (χ4v) is 3.93. The van der Waals surface area contributed by atoms with Gasteiger partial charge in [0.05, 0.1) is 19.3 Å². The number of anilines is 1. The van der Waals surface area contributed by atoms with Crippen molar-refractivity contribution < 1.29 is 23.4 Å². The van der Waals surface area contributed by atoms with Crippen molar-refractivity contribution in [2.24, 2.45) is 0 Å². The number of nitrogens with zero attached hydrogens (tertiary/aromatic N) is 3. The second-order valence-electron chi connectivity index (χ2n) is 7.74. The molecule has 1 atom stereocenters. The Kier molecular flexibility index (Phi) is 7.10. The summed E-state index contributed by atoms with van der Waals surface area (Å²) in [5.41, 5.74) is 2.86. The zero-order chi connectivity index (χ0) is 24.1. The van der Waals surface area contributed by atoms with E-state index < -0.39 is 12.0 Å². The Bertz CT molecular complexity index is 1190. The van der Waals surface area contributed by atoms with E-state index in [1.54, 1.807) is 36.9 Å². The summed E-state index contributed by atoms with van der Waals surface area (Å²) < 4.78 is 31.8. The van der Waals surface area contributed by atoms with E-state index in [0.717, 1.165) is 23.2 Å². The van der Waals surface area contributed by atoms with Crippen LogP contribution < -0.4 is 14.8 Å². The van der Waals surface area contributed by atoms with E-state index >= 15 is 0 Å². The van der Waals surface area contributed by atoms with Gasteiger partial charge in [0.2, 0.25) is 5.95 Å². The molecule has 34 heavy (non-hydrogen) atoms. The fourth-order valence-electron chi connectivity index (χ4n) is 3.93. The molecule has 8 nitrogen and oxygen atoms in total. The monoisotopic (exact) mass is 466 g/mol. The number of halogens is 1. The average Bonchev–Trinajstić information content (AvgIpc) is 3.31. The molecule has 0 fully saturated rings. The lowest BCUT2D eigenvalue weighted by Gasteiger charge is -2.29. The van der Waals surface area contributed by atoms with Crippen molar-refractivity contribution in [2.45, 2.75) is 39.3 Å². The van der Waals surface area contributed by atoms with E-state index in [0.29, 0.717) is 29.4 Å². The maximum atomic E-state index is 13.2. The van der Waals surface area contributed by atoms with E-state index in [-0.39, 0.29) is 19.0 Å². The van der Waals surface area contributed by atoms with Crippen LogP contribution in [-0.2, 0) is 16.1 Å². The zero-order valence-electron chi connectivity index (χ0n) is 19.4. The van der Waals surface area contributed by atoms with Crippen molar-refractivity contribution in [2.75, 3.05) is 19.0 Å². The Labute approximate surface area is 197 Å². The first-order chi connectivity index (χ1) is 16.5. The van der Waals surface area contributed by atoms with Crippen molar-refractivity contribution in [1.29, 1.82) is 0 Å². The minimum absolute atomic E-state index is 0.255. The molecule has 1 aromatic heterocycles. The number of fused-ring (bicyclic) bond motifs is 1. The number of hydrogen-bond acceptors (Lipinski definition) is 7. The number of methoxy groups -OCH3 is 1. The van der Waals surface area contributed by atoms with E-state index in [1.165, 1.54) is 18.5 Å². The van der Waals surface area contributed by atoms with Crippen LogP contribution in [0, 0.1) is 5.82 Å². The molecule has 1 aliphatic heterocycles. The Morgan fingerprint density at radius 2 is 1.94 bits per heavy atom. The topological polar surface area (TPSA) is 87.5 Å². The molecule has 178 valence electrons. The van der Waals surface area contributed by atoms with Crippen molar-refractivity contribution >= 4 is 11.9 Å². The third kappa shape index (κ3) is 4.73. The first kappa shape index (κ1) is 23.3. The molecule has 3 aromatic rings. The van der Waals surface area contributed by atoms with Crippen molar-refractivity contribution in [3.63, 3.8) is 0 Å². The number of allylic oxidation sites excluding steroid dienone is 1. The predicted octanol–water partition coefficient (Wildman–Crippen LogP) is 4.64. The van der Waals surface area contributed by atoms with Crippen molar-refractivity contribution in [3.05, 3.63) is 77.0 Å². The lowest BCUT2D eigenvalue weighted by Crippen LogP contribution is -2.30.